The Kier molecular flexibility index (Phi) is 6.48. The minimum atomic E-state index is -0.117. The molecule has 1 heterocycles. The van der Waals surface area contributed by atoms with Gasteiger partial charge in [-0.3, -0.25) is 14.5 Å². The number of hydrogen-bond donors (Lipinski definition) is 2. The van der Waals surface area contributed by atoms with E-state index in [0.717, 1.165) is 36.6 Å². The summed E-state index contributed by atoms with van der Waals surface area (Å²) in [7, 11) is 5.03. The molecule has 2 aromatic carbocycles. The van der Waals surface area contributed by atoms with E-state index in [-0.39, 0.29) is 5.69 Å². The highest BCUT2D eigenvalue weighted by atomic mass is 16.5. The molecule has 0 aliphatic rings. The Morgan fingerprint density at radius 1 is 1.10 bits per heavy atom. The molecule has 0 aliphatic carbocycles. The zero-order chi connectivity index (χ0) is 20.8. The number of ether oxygens (including phenoxy) is 2. The van der Waals surface area contributed by atoms with Crippen molar-refractivity contribution in [1.29, 1.82) is 5.41 Å². The predicted molar refractivity (Wildman–Crippen MR) is 114 cm³/mol. The normalized spacial score (nSPS) is 10.7. The smallest absolute Gasteiger partial charge is 0.371 e. The molecule has 3 N–H and O–H groups in total. The molecule has 3 rings (SSSR count). The number of benzene rings is 2. The lowest BCUT2D eigenvalue weighted by Crippen LogP contribution is -2.19. The average molecular weight is 395 g/mol. The molecule has 8 nitrogen and oxygen atoms in total. The predicted octanol–water partition coefficient (Wildman–Crippen LogP) is 3.07. The third kappa shape index (κ3) is 4.74. The van der Waals surface area contributed by atoms with Crippen molar-refractivity contribution in [3.05, 3.63) is 46.9 Å². The van der Waals surface area contributed by atoms with E-state index in [2.05, 4.69) is 0 Å². The van der Waals surface area contributed by atoms with Gasteiger partial charge in [0.2, 0.25) is 0 Å². The lowest BCUT2D eigenvalue weighted by atomic mass is 9.92. The Bertz CT molecular complexity index is 1060. The second-order valence-electron chi connectivity index (χ2n) is 6.62. The Labute approximate surface area is 169 Å². The number of fused-ring (bicyclic) bond motifs is 1. The topological polar surface area (TPSA) is 104 Å². The summed E-state index contributed by atoms with van der Waals surface area (Å²) >= 11 is 0. The number of nitrogen functional groups attached to an aromatic ring is 1. The van der Waals surface area contributed by atoms with Crippen molar-refractivity contribution in [1.82, 2.24) is 9.13 Å². The van der Waals surface area contributed by atoms with Crippen LogP contribution in [0.15, 0.2) is 41.2 Å². The molecule has 0 amide bonds. The first-order chi connectivity index (χ1) is 14.0. The van der Waals surface area contributed by atoms with Gasteiger partial charge in [-0.25, -0.2) is 4.79 Å². The molecule has 0 saturated heterocycles. The average Bonchev–Trinajstić information content (AvgIpc) is 2.92. The molecule has 0 aliphatic heterocycles. The molecule has 151 valence electrons. The van der Waals surface area contributed by atoms with Crippen LogP contribution < -0.4 is 20.9 Å². The molecule has 0 bridgehead atoms. The van der Waals surface area contributed by atoms with E-state index in [4.69, 9.17) is 25.3 Å². The van der Waals surface area contributed by atoms with Crippen molar-refractivity contribution in [3.63, 3.8) is 0 Å². The minimum absolute atomic E-state index is 0.117. The minimum Gasteiger partial charge on any atom is -0.556 e. The third-order valence-electron chi connectivity index (χ3n) is 4.59. The standard InChI is InChI=1S/C20H24BN4O4/c1-24-17-11-16(23)19(12-18(17)25(2)20(24)26)29-15-7-5-6-14(10-15)27-9-4-3-8-21-28-13-22/h5-7,10-13,22H,3-4,8-9,23H2,1-2H3. The Morgan fingerprint density at radius 3 is 2.59 bits per heavy atom. The molecule has 0 unspecified atom stereocenters. The summed E-state index contributed by atoms with van der Waals surface area (Å²) in [4.78, 5) is 12.1. The Balaban J connectivity index is 1.66. The number of rotatable bonds is 10. The number of nitrogens with two attached hydrogens (primary N) is 1. The van der Waals surface area contributed by atoms with E-state index in [1.165, 1.54) is 0 Å². The molecule has 29 heavy (non-hydrogen) atoms. The summed E-state index contributed by atoms with van der Waals surface area (Å²) in [5, 5.41) is 6.77. The zero-order valence-electron chi connectivity index (χ0n) is 16.6. The maximum absolute atomic E-state index is 12.1. The van der Waals surface area contributed by atoms with E-state index in [9.17, 15) is 4.79 Å². The number of unbranched alkanes of at least 4 members (excludes halogenated alkanes) is 1. The molecule has 0 atom stereocenters. The fourth-order valence-corrected chi connectivity index (χ4v) is 3.02. The summed E-state index contributed by atoms with van der Waals surface area (Å²) in [6, 6.07) is 10.9. The molecule has 0 saturated carbocycles. The van der Waals surface area contributed by atoms with Crippen molar-refractivity contribution < 1.29 is 14.1 Å². The van der Waals surface area contributed by atoms with Gasteiger partial charge in [-0.05, 0) is 30.9 Å². The number of nitrogens with zero attached hydrogens (tertiary/aromatic N) is 2. The van der Waals surface area contributed by atoms with Crippen LogP contribution in [0, 0.1) is 5.41 Å². The third-order valence-corrected chi connectivity index (χ3v) is 4.59. The van der Waals surface area contributed by atoms with Gasteiger partial charge in [-0.1, -0.05) is 12.5 Å². The summed E-state index contributed by atoms with van der Waals surface area (Å²) < 4.78 is 19.6. The highest BCUT2D eigenvalue weighted by molar-refractivity contribution is 6.29. The van der Waals surface area contributed by atoms with Gasteiger partial charge in [-0.2, -0.15) is 0 Å². The van der Waals surface area contributed by atoms with E-state index < -0.39 is 0 Å². The van der Waals surface area contributed by atoms with Gasteiger partial charge < -0.3 is 19.9 Å². The Morgan fingerprint density at radius 2 is 1.83 bits per heavy atom. The van der Waals surface area contributed by atoms with Gasteiger partial charge in [0.1, 0.15) is 17.9 Å². The van der Waals surface area contributed by atoms with Crippen LogP contribution in [0.2, 0.25) is 6.32 Å². The van der Waals surface area contributed by atoms with Gasteiger partial charge in [0.15, 0.2) is 5.75 Å². The number of nitrogens with one attached hydrogen (secondary N) is 1. The molecule has 9 heteroatoms. The molecule has 3 aromatic rings. The summed E-state index contributed by atoms with van der Waals surface area (Å²) in [5.74, 6) is 1.79. The van der Waals surface area contributed by atoms with Crippen LogP contribution in [0.5, 0.6) is 17.2 Å². The number of anilines is 1. The maximum atomic E-state index is 12.1. The van der Waals surface area contributed by atoms with Crippen LogP contribution in [-0.2, 0) is 18.7 Å². The van der Waals surface area contributed by atoms with Crippen LogP contribution in [-0.4, -0.2) is 29.6 Å². The fraction of sp³-hybridized carbons (Fsp3) is 0.300. The van der Waals surface area contributed by atoms with Crippen LogP contribution in [0.3, 0.4) is 0 Å². The SMILES string of the molecule is Cn1c(=O)n(C)c2cc(Oc3cccc(OCCCC[B]OC=N)c3)c(N)cc21. The molecule has 1 aromatic heterocycles. The highest BCUT2D eigenvalue weighted by Gasteiger charge is 2.12. The number of aromatic nitrogens is 2. The first-order valence-electron chi connectivity index (χ1n) is 9.33. The van der Waals surface area contributed by atoms with Crippen molar-refractivity contribution in [2.24, 2.45) is 14.1 Å². The molecule has 0 spiro atoms. The number of imidazole rings is 1. The van der Waals surface area contributed by atoms with Gasteiger partial charge in [0, 0.05) is 26.2 Å². The zero-order valence-corrected chi connectivity index (χ0v) is 16.6. The van der Waals surface area contributed by atoms with Crippen LogP contribution in [0.1, 0.15) is 12.8 Å². The monoisotopic (exact) mass is 395 g/mol. The van der Waals surface area contributed by atoms with Gasteiger partial charge >= 0.3 is 13.2 Å². The van der Waals surface area contributed by atoms with E-state index in [1.54, 1.807) is 48.9 Å². The van der Waals surface area contributed by atoms with Crippen molar-refractivity contribution in [2.45, 2.75) is 19.2 Å². The first kappa shape index (κ1) is 20.4. The summed E-state index contributed by atoms with van der Waals surface area (Å²) in [5.41, 5.74) is 7.98. The van der Waals surface area contributed by atoms with Gasteiger partial charge in [-0.15, -0.1) is 0 Å². The van der Waals surface area contributed by atoms with E-state index in [0.29, 0.717) is 29.5 Å². The second kappa shape index (κ2) is 9.23. The highest BCUT2D eigenvalue weighted by Crippen LogP contribution is 2.32. The maximum Gasteiger partial charge on any atom is 0.371 e. The van der Waals surface area contributed by atoms with Crippen LogP contribution >= 0.6 is 0 Å². The fourth-order valence-electron chi connectivity index (χ4n) is 3.02. The van der Waals surface area contributed by atoms with Crippen molar-refractivity contribution in [2.75, 3.05) is 12.3 Å². The molecule has 0 fully saturated rings. The van der Waals surface area contributed by atoms with Crippen molar-refractivity contribution >= 4 is 30.6 Å². The van der Waals surface area contributed by atoms with E-state index in [1.807, 2.05) is 18.2 Å². The lowest BCUT2D eigenvalue weighted by Gasteiger charge is -2.11. The number of aryl methyl sites for hydroxylation is 2. The first-order valence-corrected chi connectivity index (χ1v) is 9.33. The lowest BCUT2D eigenvalue weighted by molar-refractivity contribution is 0.307. The number of hydrogen-bond acceptors (Lipinski definition) is 6. The van der Waals surface area contributed by atoms with E-state index >= 15 is 0 Å². The van der Waals surface area contributed by atoms with Crippen LogP contribution in [0.25, 0.3) is 11.0 Å². The quantitative estimate of drug-likeness (QED) is 0.181. The van der Waals surface area contributed by atoms with Gasteiger partial charge in [0.05, 0.1) is 23.3 Å². The second-order valence-corrected chi connectivity index (χ2v) is 6.62. The molecule has 1 radical (unpaired) electrons. The Hall–Kier alpha value is -3.36. The largest absolute Gasteiger partial charge is 0.556 e. The summed E-state index contributed by atoms with van der Waals surface area (Å²) in [6.07, 6.45) is 3.46. The van der Waals surface area contributed by atoms with Crippen LogP contribution in [0.4, 0.5) is 5.69 Å². The molecular formula is C20H24BN4O4. The van der Waals surface area contributed by atoms with Crippen molar-refractivity contribution in [3.8, 4) is 17.2 Å². The summed E-state index contributed by atoms with van der Waals surface area (Å²) in [6.45, 7) is 0.572. The molecular weight excluding hydrogens is 371 g/mol. The van der Waals surface area contributed by atoms with Gasteiger partial charge in [0.25, 0.3) is 0 Å².